The molecule has 2 aromatic rings. The van der Waals surface area contributed by atoms with E-state index in [4.69, 9.17) is 0 Å². The van der Waals surface area contributed by atoms with Crippen LogP contribution in [0.15, 0.2) is 36.7 Å². The number of hydrogen-bond acceptors (Lipinski definition) is 5. The number of halogens is 1. The van der Waals surface area contributed by atoms with Gasteiger partial charge in [-0.15, -0.1) is 12.4 Å². The van der Waals surface area contributed by atoms with Crippen LogP contribution in [0.5, 0.6) is 0 Å². The van der Waals surface area contributed by atoms with Gasteiger partial charge in [0.1, 0.15) is 6.04 Å². The zero-order valence-electron chi connectivity index (χ0n) is 14.5. The number of hydrogen-bond donors (Lipinski definition) is 2. The Bertz CT molecular complexity index is 866. The van der Waals surface area contributed by atoms with Crippen molar-refractivity contribution < 1.29 is 13.2 Å². The Kier molecular flexibility index (Phi) is 6.27. The normalized spacial score (nSPS) is 16.8. The van der Waals surface area contributed by atoms with E-state index in [-0.39, 0.29) is 24.1 Å². The number of aryl methyl sites for hydroxylation is 1. The van der Waals surface area contributed by atoms with Crippen molar-refractivity contribution in [1.29, 1.82) is 0 Å². The van der Waals surface area contributed by atoms with Gasteiger partial charge in [0.15, 0.2) is 0 Å². The molecular weight excluding hydrogens is 378 g/mol. The van der Waals surface area contributed by atoms with Crippen LogP contribution in [0.25, 0.3) is 0 Å². The lowest BCUT2D eigenvalue weighted by Crippen LogP contribution is -2.30. The molecule has 1 aromatic carbocycles. The number of carbonyl (C=O) groups excluding carboxylic acids is 1. The predicted octanol–water partition coefficient (Wildman–Crippen LogP) is 1.28. The van der Waals surface area contributed by atoms with Gasteiger partial charge in [-0.25, -0.2) is 8.42 Å². The third-order valence-electron chi connectivity index (χ3n) is 4.13. The van der Waals surface area contributed by atoms with Gasteiger partial charge in [-0.2, -0.15) is 5.10 Å². The molecule has 2 N–H and O–H groups in total. The summed E-state index contributed by atoms with van der Waals surface area (Å²) in [5, 5.41) is 9.88. The van der Waals surface area contributed by atoms with Crippen LogP contribution in [0.2, 0.25) is 0 Å². The first kappa shape index (κ1) is 20.2. The Hall–Kier alpha value is -2.10. The molecule has 3 rings (SSSR count). The highest BCUT2D eigenvalue weighted by molar-refractivity contribution is 7.93. The molecule has 26 heavy (non-hydrogen) atoms. The van der Waals surface area contributed by atoms with Gasteiger partial charge in [-0.05, 0) is 37.7 Å². The van der Waals surface area contributed by atoms with E-state index in [1.807, 2.05) is 0 Å². The fraction of sp³-hybridized carbons (Fsp3) is 0.375. The molecule has 0 spiro atoms. The van der Waals surface area contributed by atoms with Gasteiger partial charge >= 0.3 is 0 Å². The van der Waals surface area contributed by atoms with Crippen LogP contribution >= 0.6 is 12.4 Å². The van der Waals surface area contributed by atoms with Crippen molar-refractivity contribution in [2.75, 3.05) is 29.0 Å². The second-order valence-corrected chi connectivity index (χ2v) is 7.96. The maximum atomic E-state index is 12.5. The number of aromatic nitrogens is 2. The van der Waals surface area contributed by atoms with Gasteiger partial charge in [-0.1, -0.05) is 0 Å². The molecule has 1 aliphatic rings. The van der Waals surface area contributed by atoms with E-state index in [9.17, 15) is 13.2 Å². The summed E-state index contributed by atoms with van der Waals surface area (Å²) in [6, 6.07) is 6.30. The van der Waals surface area contributed by atoms with Gasteiger partial charge in [-0.3, -0.25) is 13.8 Å². The minimum Gasteiger partial charge on any atom is -0.324 e. The number of carbonyl (C=O) groups is 1. The number of nitrogens with zero attached hydrogens (tertiary/aromatic N) is 3. The summed E-state index contributed by atoms with van der Waals surface area (Å²) >= 11 is 0. The fourth-order valence-corrected chi connectivity index (χ4v) is 4.46. The summed E-state index contributed by atoms with van der Waals surface area (Å²) in [6.45, 7) is 0.497. The SMILES string of the molecule is CNC(C(=O)Nc1ccc(N2CCCS2(=O)=O)cc1)c1cnn(C)c1.Cl. The van der Waals surface area contributed by atoms with Crippen molar-refractivity contribution in [3.63, 3.8) is 0 Å². The quantitative estimate of drug-likeness (QED) is 0.789. The first-order valence-electron chi connectivity index (χ1n) is 7.98. The van der Waals surface area contributed by atoms with Gasteiger partial charge in [0.05, 0.1) is 17.6 Å². The van der Waals surface area contributed by atoms with Crippen LogP contribution in [0, 0.1) is 0 Å². The number of rotatable bonds is 5. The smallest absolute Gasteiger partial charge is 0.246 e. The summed E-state index contributed by atoms with van der Waals surface area (Å²) in [4.78, 5) is 12.5. The highest BCUT2D eigenvalue weighted by Gasteiger charge is 2.28. The van der Waals surface area contributed by atoms with Crippen molar-refractivity contribution in [3.8, 4) is 0 Å². The van der Waals surface area contributed by atoms with Crippen LogP contribution in [-0.4, -0.2) is 43.5 Å². The van der Waals surface area contributed by atoms with Gasteiger partial charge < -0.3 is 10.6 Å². The van der Waals surface area contributed by atoms with Crippen molar-refractivity contribution in [1.82, 2.24) is 15.1 Å². The fourth-order valence-electron chi connectivity index (χ4n) is 2.89. The second-order valence-electron chi connectivity index (χ2n) is 5.95. The Morgan fingerprint density at radius 2 is 1.96 bits per heavy atom. The molecule has 0 saturated carbocycles. The average Bonchev–Trinajstić information content (AvgIpc) is 3.14. The number of benzene rings is 1. The minimum atomic E-state index is -3.20. The topological polar surface area (TPSA) is 96.3 Å². The Morgan fingerprint density at radius 3 is 2.46 bits per heavy atom. The summed E-state index contributed by atoms with van der Waals surface area (Å²) < 4.78 is 26.9. The monoisotopic (exact) mass is 399 g/mol. The molecule has 10 heteroatoms. The molecule has 1 atom stereocenters. The Morgan fingerprint density at radius 1 is 1.27 bits per heavy atom. The zero-order chi connectivity index (χ0) is 18.0. The van der Waals surface area contributed by atoms with Crippen molar-refractivity contribution in [2.24, 2.45) is 7.05 Å². The Balaban J connectivity index is 0.00000243. The van der Waals surface area contributed by atoms with Crippen LogP contribution in [0.1, 0.15) is 18.0 Å². The molecule has 0 radical (unpaired) electrons. The van der Waals surface area contributed by atoms with E-state index in [0.717, 1.165) is 5.56 Å². The number of nitrogens with one attached hydrogen (secondary N) is 2. The summed E-state index contributed by atoms with van der Waals surface area (Å²) in [5.41, 5.74) is 1.99. The molecule has 1 fully saturated rings. The number of anilines is 2. The lowest BCUT2D eigenvalue weighted by molar-refractivity contribution is -0.118. The van der Waals surface area contributed by atoms with Crippen LogP contribution in [0.4, 0.5) is 11.4 Å². The maximum absolute atomic E-state index is 12.5. The predicted molar refractivity (Wildman–Crippen MR) is 103 cm³/mol. The zero-order valence-corrected chi connectivity index (χ0v) is 16.2. The molecule has 1 unspecified atom stereocenters. The third kappa shape index (κ3) is 4.17. The van der Waals surface area contributed by atoms with Gasteiger partial charge in [0, 0.05) is 31.0 Å². The summed E-state index contributed by atoms with van der Waals surface area (Å²) in [5.74, 6) is -0.0301. The molecule has 0 bridgehead atoms. The lowest BCUT2D eigenvalue weighted by atomic mass is 10.1. The molecular formula is C16H22ClN5O3S. The van der Waals surface area contributed by atoms with Crippen molar-refractivity contribution >= 4 is 39.7 Å². The standard InChI is InChI=1S/C16H21N5O3S.ClH/c1-17-15(12-10-18-20(2)11-12)16(22)19-13-4-6-14(7-5-13)21-8-3-9-25(21,23)24;/h4-7,10-11,15,17H,3,8-9H2,1-2H3,(H,19,22);1H. The first-order valence-corrected chi connectivity index (χ1v) is 9.59. The Labute approximate surface area is 159 Å². The highest BCUT2D eigenvalue weighted by atomic mass is 35.5. The number of sulfonamides is 1. The summed E-state index contributed by atoms with van der Waals surface area (Å²) in [7, 11) is 0.297. The molecule has 1 saturated heterocycles. The molecule has 1 aliphatic heterocycles. The molecule has 1 amide bonds. The number of likely N-dealkylation sites (N-methyl/N-ethyl adjacent to an activating group) is 1. The summed E-state index contributed by atoms with van der Waals surface area (Å²) in [6.07, 6.45) is 4.06. The van der Waals surface area contributed by atoms with E-state index in [2.05, 4.69) is 15.7 Å². The van der Waals surface area contributed by atoms with Crippen molar-refractivity contribution in [3.05, 3.63) is 42.2 Å². The van der Waals surface area contributed by atoms with Gasteiger partial charge in [0.2, 0.25) is 15.9 Å². The van der Waals surface area contributed by atoms with E-state index >= 15 is 0 Å². The molecule has 8 nitrogen and oxygen atoms in total. The van der Waals surface area contributed by atoms with Crippen LogP contribution in [-0.2, 0) is 21.9 Å². The first-order chi connectivity index (χ1) is 11.9. The lowest BCUT2D eigenvalue weighted by Gasteiger charge is -2.18. The van der Waals surface area contributed by atoms with E-state index in [1.54, 1.807) is 55.4 Å². The maximum Gasteiger partial charge on any atom is 0.246 e. The van der Waals surface area contributed by atoms with Gasteiger partial charge in [0.25, 0.3) is 0 Å². The van der Waals surface area contributed by atoms with Crippen LogP contribution in [0.3, 0.4) is 0 Å². The second kappa shape index (κ2) is 8.07. The average molecular weight is 400 g/mol. The molecule has 2 heterocycles. The molecule has 1 aromatic heterocycles. The minimum absolute atomic E-state index is 0. The van der Waals surface area contributed by atoms with E-state index in [1.165, 1.54) is 4.31 Å². The van der Waals surface area contributed by atoms with Crippen LogP contribution < -0.4 is 14.9 Å². The molecule has 142 valence electrons. The third-order valence-corrected chi connectivity index (χ3v) is 6.00. The van der Waals surface area contributed by atoms with E-state index in [0.29, 0.717) is 24.3 Å². The molecule has 0 aliphatic carbocycles. The van der Waals surface area contributed by atoms with E-state index < -0.39 is 16.1 Å². The van der Waals surface area contributed by atoms with Crippen molar-refractivity contribution in [2.45, 2.75) is 12.5 Å². The highest BCUT2D eigenvalue weighted by Crippen LogP contribution is 2.25. The largest absolute Gasteiger partial charge is 0.324 e. The number of amides is 1.